The van der Waals surface area contributed by atoms with Gasteiger partial charge in [0.1, 0.15) is 5.75 Å². The molecule has 0 radical (unpaired) electrons. The molecule has 0 bridgehead atoms. The van der Waals surface area contributed by atoms with Crippen molar-refractivity contribution in [2.24, 2.45) is 0 Å². The molecule has 3 rings (SSSR count). The zero-order valence-electron chi connectivity index (χ0n) is 12.8. The number of aromatic amines is 2. The second-order valence-corrected chi connectivity index (χ2v) is 6.41. The van der Waals surface area contributed by atoms with E-state index in [-0.39, 0.29) is 23.3 Å². The fourth-order valence-electron chi connectivity index (χ4n) is 2.12. The number of carbonyl (C=O) groups excluding carboxylic acids is 1. The number of anilines is 1. The van der Waals surface area contributed by atoms with Gasteiger partial charge in [-0.05, 0) is 54.7 Å². The fourth-order valence-corrected chi connectivity index (χ4v) is 2.61. The van der Waals surface area contributed by atoms with E-state index in [1.54, 1.807) is 30.3 Å². The Morgan fingerprint density at radius 3 is 2.60 bits per heavy atom. The summed E-state index contributed by atoms with van der Waals surface area (Å²) in [6.45, 7) is -0.159. The molecule has 25 heavy (non-hydrogen) atoms. The van der Waals surface area contributed by atoms with E-state index in [1.165, 1.54) is 0 Å². The van der Waals surface area contributed by atoms with Crippen molar-refractivity contribution < 1.29 is 9.53 Å². The number of carbonyl (C=O) groups is 1. The molecule has 0 saturated heterocycles. The lowest BCUT2D eigenvalue weighted by molar-refractivity contribution is -0.121. The zero-order valence-corrected chi connectivity index (χ0v) is 15.2. The minimum Gasteiger partial charge on any atom is -0.484 e. The molecule has 0 spiro atoms. The Labute approximate surface area is 155 Å². The Hall–Kier alpha value is -2.65. The van der Waals surface area contributed by atoms with Crippen molar-refractivity contribution >= 4 is 55.9 Å². The lowest BCUT2D eigenvalue weighted by atomic mass is 10.3. The smallest absolute Gasteiger partial charge is 0.323 e. The minimum atomic E-state index is -0.378. The standard InChI is InChI=1S/C16H13BrN4O3S/c17-9-1-4-11(5-2-9)24-8-14(22)21-16(25)18-10-3-6-12-13(7-10)20-15(23)19-12/h1-7H,8H2,(H2,19,20,23)(H2,18,21,22,25). The molecule has 0 saturated carbocycles. The number of ether oxygens (including phenoxy) is 1. The van der Waals surface area contributed by atoms with Crippen LogP contribution in [0.25, 0.3) is 11.0 Å². The van der Waals surface area contributed by atoms with Crippen molar-refractivity contribution in [3.05, 3.63) is 57.4 Å². The molecule has 128 valence electrons. The van der Waals surface area contributed by atoms with Gasteiger partial charge in [0, 0.05) is 10.2 Å². The number of imidazole rings is 1. The molecule has 0 aliphatic carbocycles. The molecule has 0 fully saturated rings. The van der Waals surface area contributed by atoms with Gasteiger partial charge in [-0.1, -0.05) is 15.9 Å². The lowest BCUT2D eigenvalue weighted by Gasteiger charge is -2.10. The molecule has 0 aliphatic heterocycles. The van der Waals surface area contributed by atoms with E-state index < -0.39 is 0 Å². The molecular formula is C16H13BrN4O3S. The van der Waals surface area contributed by atoms with Crippen LogP contribution >= 0.6 is 28.1 Å². The van der Waals surface area contributed by atoms with E-state index in [9.17, 15) is 9.59 Å². The zero-order chi connectivity index (χ0) is 17.8. The van der Waals surface area contributed by atoms with Gasteiger partial charge in [-0.3, -0.25) is 10.1 Å². The highest BCUT2D eigenvalue weighted by molar-refractivity contribution is 9.10. The van der Waals surface area contributed by atoms with E-state index in [4.69, 9.17) is 17.0 Å². The summed E-state index contributed by atoms with van der Waals surface area (Å²) in [5.41, 5.74) is 1.69. The van der Waals surface area contributed by atoms with Crippen molar-refractivity contribution in [2.45, 2.75) is 0 Å². The second kappa shape index (κ2) is 7.49. The van der Waals surface area contributed by atoms with Crippen LogP contribution in [0.1, 0.15) is 0 Å². The Morgan fingerprint density at radius 1 is 1.12 bits per heavy atom. The van der Waals surface area contributed by atoms with E-state index in [0.29, 0.717) is 22.5 Å². The highest BCUT2D eigenvalue weighted by atomic mass is 79.9. The number of hydrogen-bond acceptors (Lipinski definition) is 4. The minimum absolute atomic E-state index is 0.140. The third kappa shape index (κ3) is 4.68. The number of thiocarbonyl (C=S) groups is 1. The summed E-state index contributed by atoms with van der Waals surface area (Å²) in [7, 11) is 0. The van der Waals surface area contributed by atoms with Gasteiger partial charge in [0.05, 0.1) is 11.0 Å². The third-order valence-electron chi connectivity index (χ3n) is 3.21. The largest absolute Gasteiger partial charge is 0.484 e. The van der Waals surface area contributed by atoms with Crippen molar-refractivity contribution in [3.8, 4) is 5.75 Å². The predicted molar refractivity (Wildman–Crippen MR) is 103 cm³/mol. The Morgan fingerprint density at radius 2 is 1.84 bits per heavy atom. The third-order valence-corrected chi connectivity index (χ3v) is 3.94. The molecule has 1 amide bonds. The number of nitrogens with one attached hydrogen (secondary N) is 4. The molecule has 0 atom stereocenters. The molecule has 1 heterocycles. The van der Waals surface area contributed by atoms with Crippen LogP contribution < -0.4 is 21.1 Å². The number of H-pyrrole nitrogens is 2. The molecule has 0 unspecified atom stereocenters. The predicted octanol–water partition coefficient (Wildman–Crippen LogP) is 2.51. The maximum Gasteiger partial charge on any atom is 0.323 e. The van der Waals surface area contributed by atoms with Crippen LogP contribution in [-0.4, -0.2) is 27.6 Å². The Balaban J connectivity index is 1.52. The van der Waals surface area contributed by atoms with Crippen molar-refractivity contribution in [3.63, 3.8) is 0 Å². The summed E-state index contributed by atoms with van der Waals surface area (Å²) in [6.07, 6.45) is 0. The first-order chi connectivity index (χ1) is 12.0. The van der Waals surface area contributed by atoms with Gasteiger partial charge in [0.2, 0.25) is 0 Å². The number of halogens is 1. The Bertz CT molecular complexity index is 981. The van der Waals surface area contributed by atoms with Gasteiger partial charge >= 0.3 is 5.69 Å². The van der Waals surface area contributed by atoms with Crippen LogP contribution in [0.2, 0.25) is 0 Å². The van der Waals surface area contributed by atoms with Gasteiger partial charge in [0.15, 0.2) is 11.7 Å². The number of benzene rings is 2. The van der Waals surface area contributed by atoms with Gasteiger partial charge in [0.25, 0.3) is 5.91 Å². The van der Waals surface area contributed by atoms with E-state index in [0.717, 1.165) is 4.47 Å². The van der Waals surface area contributed by atoms with E-state index in [2.05, 4.69) is 36.5 Å². The molecule has 3 aromatic rings. The average Bonchev–Trinajstić information content (AvgIpc) is 2.93. The summed E-state index contributed by atoms with van der Waals surface area (Å²) in [5, 5.41) is 5.55. The maximum atomic E-state index is 11.9. The van der Waals surface area contributed by atoms with Crippen LogP contribution in [0.3, 0.4) is 0 Å². The van der Waals surface area contributed by atoms with Gasteiger partial charge in [-0.15, -0.1) is 0 Å². The maximum absolute atomic E-state index is 11.9. The number of hydrogen-bond donors (Lipinski definition) is 4. The van der Waals surface area contributed by atoms with Crippen molar-refractivity contribution in [1.29, 1.82) is 0 Å². The monoisotopic (exact) mass is 420 g/mol. The van der Waals surface area contributed by atoms with E-state index in [1.807, 2.05) is 12.1 Å². The average molecular weight is 421 g/mol. The summed E-state index contributed by atoms with van der Waals surface area (Å²) >= 11 is 8.43. The second-order valence-electron chi connectivity index (χ2n) is 5.08. The number of aromatic nitrogens is 2. The van der Waals surface area contributed by atoms with Gasteiger partial charge < -0.3 is 20.0 Å². The van der Waals surface area contributed by atoms with Gasteiger partial charge in [-0.25, -0.2) is 4.79 Å². The van der Waals surface area contributed by atoms with Gasteiger partial charge in [-0.2, -0.15) is 0 Å². The van der Waals surface area contributed by atoms with Crippen LogP contribution in [-0.2, 0) is 4.79 Å². The summed E-state index contributed by atoms with van der Waals surface area (Å²) in [4.78, 5) is 28.4. The van der Waals surface area contributed by atoms with Crippen LogP contribution in [0, 0.1) is 0 Å². The first-order valence-corrected chi connectivity index (χ1v) is 8.41. The number of amides is 1. The van der Waals surface area contributed by atoms with Crippen LogP contribution in [0.15, 0.2) is 51.7 Å². The normalized spacial score (nSPS) is 10.4. The first-order valence-electron chi connectivity index (χ1n) is 7.21. The molecule has 7 nitrogen and oxygen atoms in total. The lowest BCUT2D eigenvalue weighted by Crippen LogP contribution is -2.37. The SMILES string of the molecule is O=C(COc1ccc(Br)cc1)NC(=S)Nc1ccc2[nH]c(=O)[nH]c2c1. The summed E-state index contributed by atoms with van der Waals surface area (Å²) < 4.78 is 6.30. The molecule has 4 N–H and O–H groups in total. The summed E-state index contributed by atoms with van der Waals surface area (Å²) in [6, 6.07) is 12.3. The molecule has 1 aromatic heterocycles. The molecule has 2 aromatic carbocycles. The number of fused-ring (bicyclic) bond motifs is 1. The highest BCUT2D eigenvalue weighted by Crippen LogP contribution is 2.16. The molecular weight excluding hydrogens is 408 g/mol. The van der Waals surface area contributed by atoms with E-state index >= 15 is 0 Å². The molecule has 0 aliphatic rings. The first kappa shape index (κ1) is 17.2. The van der Waals surface area contributed by atoms with Crippen molar-refractivity contribution in [2.75, 3.05) is 11.9 Å². The number of rotatable bonds is 4. The topological polar surface area (TPSA) is 99.0 Å². The molecule has 9 heteroatoms. The van der Waals surface area contributed by atoms with Crippen molar-refractivity contribution in [1.82, 2.24) is 15.3 Å². The quantitative estimate of drug-likeness (QED) is 0.486. The van der Waals surface area contributed by atoms with Crippen LogP contribution in [0.4, 0.5) is 5.69 Å². The summed E-state index contributed by atoms with van der Waals surface area (Å²) in [5.74, 6) is 0.204. The fraction of sp³-hybridized carbons (Fsp3) is 0.0625. The Kier molecular flexibility index (Phi) is 5.15. The van der Waals surface area contributed by atoms with Crippen LogP contribution in [0.5, 0.6) is 5.75 Å². The highest BCUT2D eigenvalue weighted by Gasteiger charge is 2.07.